The Labute approximate surface area is 166 Å². The number of imide groups is 1. The van der Waals surface area contributed by atoms with Crippen LogP contribution in [0.2, 0.25) is 0 Å². The zero-order valence-corrected chi connectivity index (χ0v) is 17.9. The number of rotatable bonds is 3. The molecule has 1 heterocycles. The molecule has 9 nitrogen and oxygen atoms in total. The van der Waals surface area contributed by atoms with Crippen molar-refractivity contribution < 1.29 is 28.7 Å². The summed E-state index contributed by atoms with van der Waals surface area (Å²) in [5.74, 6) is -1.61. The first-order chi connectivity index (χ1) is 12.7. The van der Waals surface area contributed by atoms with Crippen LogP contribution in [0.25, 0.3) is 0 Å². The van der Waals surface area contributed by atoms with Gasteiger partial charge in [0.25, 0.3) is 5.91 Å². The molecule has 0 bridgehead atoms. The standard InChI is InChI=1S/C19H33N3O6/c1-12(14(23)20-16(25)21-18(2,3)4)27-15(24)13-8-10-22(11-9-13)17(26)28-19(5,6)7/h12-13H,8-11H2,1-7H3,(H2,20,21,23,25)/t12-/m1/s1. The average Bonchev–Trinajstić information content (AvgIpc) is 2.51. The van der Waals surface area contributed by atoms with E-state index in [-0.39, 0.29) is 0 Å². The summed E-state index contributed by atoms with van der Waals surface area (Å²) in [4.78, 5) is 49.6. The molecule has 0 aromatic carbocycles. The molecule has 0 unspecified atom stereocenters. The van der Waals surface area contributed by atoms with E-state index in [2.05, 4.69) is 10.6 Å². The van der Waals surface area contributed by atoms with Crippen LogP contribution in [0.3, 0.4) is 0 Å². The van der Waals surface area contributed by atoms with E-state index in [0.717, 1.165) is 0 Å². The maximum atomic E-state index is 12.3. The van der Waals surface area contributed by atoms with Gasteiger partial charge in [-0.1, -0.05) is 0 Å². The van der Waals surface area contributed by atoms with Crippen molar-refractivity contribution in [2.45, 2.75) is 78.6 Å². The van der Waals surface area contributed by atoms with Crippen molar-refractivity contribution in [3.8, 4) is 0 Å². The van der Waals surface area contributed by atoms with Gasteiger partial charge in [-0.3, -0.25) is 14.9 Å². The molecule has 2 N–H and O–H groups in total. The number of amides is 4. The lowest BCUT2D eigenvalue weighted by Crippen LogP contribution is -2.51. The number of hydrogen-bond donors (Lipinski definition) is 2. The van der Waals surface area contributed by atoms with Crippen molar-refractivity contribution in [2.24, 2.45) is 5.92 Å². The van der Waals surface area contributed by atoms with Crippen LogP contribution in [0.5, 0.6) is 0 Å². The molecule has 1 aliphatic heterocycles. The highest BCUT2D eigenvalue weighted by molar-refractivity contribution is 5.97. The Morgan fingerprint density at radius 1 is 1.00 bits per heavy atom. The quantitative estimate of drug-likeness (QED) is 0.703. The van der Waals surface area contributed by atoms with E-state index >= 15 is 0 Å². The van der Waals surface area contributed by atoms with Crippen LogP contribution in [0.4, 0.5) is 9.59 Å². The van der Waals surface area contributed by atoms with E-state index in [1.165, 1.54) is 6.92 Å². The van der Waals surface area contributed by atoms with Crippen LogP contribution in [0, 0.1) is 5.92 Å². The fraction of sp³-hybridized carbons (Fsp3) is 0.789. The first-order valence-electron chi connectivity index (χ1n) is 9.49. The van der Waals surface area contributed by atoms with Gasteiger partial charge >= 0.3 is 18.1 Å². The highest BCUT2D eigenvalue weighted by Crippen LogP contribution is 2.21. The van der Waals surface area contributed by atoms with Gasteiger partial charge in [0.2, 0.25) is 0 Å². The molecule has 0 aromatic rings. The number of nitrogens with zero attached hydrogens (tertiary/aromatic N) is 1. The lowest BCUT2D eigenvalue weighted by molar-refractivity contribution is -0.159. The van der Waals surface area contributed by atoms with Gasteiger partial charge < -0.3 is 19.7 Å². The van der Waals surface area contributed by atoms with Gasteiger partial charge in [0, 0.05) is 18.6 Å². The number of urea groups is 1. The number of hydrogen-bond acceptors (Lipinski definition) is 6. The van der Waals surface area contributed by atoms with Crippen molar-refractivity contribution in [3.05, 3.63) is 0 Å². The van der Waals surface area contributed by atoms with Gasteiger partial charge in [0.15, 0.2) is 6.10 Å². The molecule has 28 heavy (non-hydrogen) atoms. The minimum Gasteiger partial charge on any atom is -0.452 e. The number of likely N-dealkylation sites (tertiary alicyclic amines) is 1. The lowest BCUT2D eigenvalue weighted by atomic mass is 9.97. The third kappa shape index (κ3) is 8.58. The van der Waals surface area contributed by atoms with Gasteiger partial charge in [-0.2, -0.15) is 0 Å². The van der Waals surface area contributed by atoms with Crippen LogP contribution in [0.15, 0.2) is 0 Å². The molecule has 1 atom stereocenters. The van der Waals surface area contributed by atoms with Gasteiger partial charge in [0.05, 0.1) is 5.92 Å². The molecule has 0 aromatic heterocycles. The normalized spacial score (nSPS) is 16.8. The van der Waals surface area contributed by atoms with Crippen LogP contribution >= 0.6 is 0 Å². The van der Waals surface area contributed by atoms with E-state index < -0.39 is 47.2 Å². The second kappa shape index (κ2) is 9.25. The van der Waals surface area contributed by atoms with E-state index in [0.29, 0.717) is 25.9 Å². The van der Waals surface area contributed by atoms with E-state index in [9.17, 15) is 19.2 Å². The fourth-order valence-corrected chi connectivity index (χ4v) is 2.53. The van der Waals surface area contributed by atoms with Crippen molar-refractivity contribution >= 4 is 24.0 Å². The first-order valence-corrected chi connectivity index (χ1v) is 9.49. The van der Waals surface area contributed by atoms with E-state index in [1.54, 1.807) is 46.4 Å². The summed E-state index contributed by atoms with van der Waals surface area (Å²) >= 11 is 0. The second-order valence-electron chi connectivity index (χ2n) is 9.01. The molecular weight excluding hydrogens is 366 g/mol. The van der Waals surface area contributed by atoms with Crippen molar-refractivity contribution in [1.82, 2.24) is 15.5 Å². The molecular formula is C19H33N3O6. The number of piperidine rings is 1. The third-order valence-corrected chi connectivity index (χ3v) is 3.87. The fourth-order valence-electron chi connectivity index (χ4n) is 2.53. The van der Waals surface area contributed by atoms with Crippen molar-refractivity contribution in [2.75, 3.05) is 13.1 Å². The number of carbonyl (C=O) groups is 4. The Bertz CT molecular complexity index is 598. The molecule has 1 rings (SSSR count). The maximum Gasteiger partial charge on any atom is 0.410 e. The second-order valence-corrected chi connectivity index (χ2v) is 9.01. The third-order valence-electron chi connectivity index (χ3n) is 3.87. The molecule has 160 valence electrons. The van der Waals surface area contributed by atoms with Gasteiger partial charge in [-0.15, -0.1) is 0 Å². The Kier molecular flexibility index (Phi) is 7.84. The zero-order chi connectivity index (χ0) is 21.7. The molecule has 4 amide bonds. The summed E-state index contributed by atoms with van der Waals surface area (Å²) in [6.07, 6.45) is -0.646. The highest BCUT2D eigenvalue weighted by atomic mass is 16.6. The predicted molar refractivity (Wildman–Crippen MR) is 103 cm³/mol. The summed E-state index contributed by atoms with van der Waals surface area (Å²) in [5, 5.41) is 4.74. The number of nitrogens with one attached hydrogen (secondary N) is 2. The molecule has 0 saturated carbocycles. The minimum atomic E-state index is -1.10. The van der Waals surface area contributed by atoms with Crippen LogP contribution in [-0.2, 0) is 19.1 Å². The molecule has 0 radical (unpaired) electrons. The maximum absolute atomic E-state index is 12.3. The highest BCUT2D eigenvalue weighted by Gasteiger charge is 2.32. The van der Waals surface area contributed by atoms with E-state index in [1.807, 2.05) is 0 Å². The Balaban J connectivity index is 2.44. The minimum absolute atomic E-state index is 0.378. The number of carbonyl (C=O) groups excluding carboxylic acids is 4. The zero-order valence-electron chi connectivity index (χ0n) is 17.9. The summed E-state index contributed by atoms with van der Waals surface area (Å²) in [6, 6.07) is -0.647. The monoisotopic (exact) mass is 399 g/mol. The predicted octanol–water partition coefficient (Wildman–Crippen LogP) is 2.19. The largest absolute Gasteiger partial charge is 0.452 e. The molecule has 0 aliphatic carbocycles. The number of ether oxygens (including phenoxy) is 2. The topological polar surface area (TPSA) is 114 Å². The van der Waals surface area contributed by atoms with Gasteiger partial charge in [-0.25, -0.2) is 9.59 Å². The lowest BCUT2D eigenvalue weighted by Gasteiger charge is -2.32. The first kappa shape index (κ1) is 23.7. The van der Waals surface area contributed by atoms with Crippen molar-refractivity contribution in [3.63, 3.8) is 0 Å². The molecule has 1 saturated heterocycles. The molecule has 0 spiro atoms. The Hall–Kier alpha value is -2.32. The summed E-state index contributed by atoms with van der Waals surface area (Å²) in [5.41, 5.74) is -1.07. The SMILES string of the molecule is C[C@@H](OC(=O)C1CCN(C(=O)OC(C)(C)C)CC1)C(=O)NC(=O)NC(C)(C)C. The summed E-state index contributed by atoms with van der Waals surface area (Å²) in [7, 11) is 0. The Morgan fingerprint density at radius 3 is 2.00 bits per heavy atom. The average molecular weight is 399 g/mol. The van der Waals surface area contributed by atoms with Gasteiger partial charge in [0.1, 0.15) is 5.60 Å². The van der Waals surface area contributed by atoms with Crippen LogP contribution < -0.4 is 10.6 Å². The van der Waals surface area contributed by atoms with Crippen molar-refractivity contribution in [1.29, 1.82) is 0 Å². The van der Waals surface area contributed by atoms with Crippen LogP contribution in [-0.4, -0.2) is 59.2 Å². The summed E-state index contributed by atoms with van der Waals surface area (Å²) in [6.45, 7) is 12.9. The van der Waals surface area contributed by atoms with Gasteiger partial charge in [-0.05, 0) is 61.3 Å². The van der Waals surface area contributed by atoms with Crippen LogP contribution in [0.1, 0.15) is 61.3 Å². The molecule has 9 heteroatoms. The van der Waals surface area contributed by atoms with E-state index in [4.69, 9.17) is 9.47 Å². The number of esters is 1. The molecule has 1 fully saturated rings. The summed E-state index contributed by atoms with van der Waals surface area (Å²) < 4.78 is 10.5. The molecule has 1 aliphatic rings. The Morgan fingerprint density at radius 2 is 1.54 bits per heavy atom. The smallest absolute Gasteiger partial charge is 0.410 e.